The van der Waals surface area contributed by atoms with E-state index < -0.39 is 209 Å². The van der Waals surface area contributed by atoms with Gasteiger partial charge >= 0.3 is 5.97 Å². The second-order valence-corrected chi connectivity index (χ2v) is 32.5. The lowest BCUT2D eigenvalue weighted by Gasteiger charge is -2.34. The monoisotopic (exact) mass is 1550 g/mol. The van der Waals surface area contributed by atoms with Gasteiger partial charge in [0.05, 0.1) is 12.1 Å². The van der Waals surface area contributed by atoms with Crippen LogP contribution in [-0.2, 0) is 78.3 Å². The van der Waals surface area contributed by atoms with Gasteiger partial charge in [-0.2, -0.15) is 0 Å². The molecule has 0 aliphatic carbocycles. The van der Waals surface area contributed by atoms with E-state index >= 15 is 19.2 Å². The Morgan fingerprint density at radius 1 is 0.609 bits per heavy atom. The largest absolute Gasteiger partial charge is 0.458 e. The summed E-state index contributed by atoms with van der Waals surface area (Å²) in [7, 11) is 0. The number of likely N-dealkylation sites (tertiary alicyclic amines) is 1. The molecule has 620 valence electrons. The van der Waals surface area contributed by atoms with Crippen LogP contribution in [0.3, 0.4) is 0 Å². The Balaban J connectivity index is 2.07. The van der Waals surface area contributed by atoms with Crippen molar-refractivity contribution in [3.8, 4) is 0 Å². The SMILES string of the molecule is CC=C1C(=O)N[C@@H](C(C)C)C(=O)O[C@@H](C)[C@@H](NC(=O)[C@H](NC(=O)[C@H](CCCCCN)CC(=O)[C@H]2CCCN2C(=O)[C@H](NC(=O)[C@@H](NC(=O)[C@@H](NC(=O)[C@H](NC(=O)CCCC(C)C)C(C)C)[C@@H](C)O)C(C)C)C(C)C)[C@@H](C)CC)C(=O)N[C@H]([C@@H](C)CC)C(=O)N[C@H](C(C)C)C(=O)N[C@@H](Cc2ccccc2)C(=O)N1C(C)C. The number of ether oxygens (including phenoxy) is 1. The highest BCUT2D eigenvalue weighted by Gasteiger charge is 2.45. The van der Waals surface area contributed by atoms with Crippen LogP contribution in [0.15, 0.2) is 42.1 Å². The molecule has 0 aromatic heterocycles. The number of rotatable bonds is 37. The Morgan fingerprint density at radius 2 is 1.15 bits per heavy atom. The van der Waals surface area contributed by atoms with Gasteiger partial charge in [0.2, 0.25) is 65.0 Å². The Bertz CT molecular complexity index is 3290. The summed E-state index contributed by atoms with van der Waals surface area (Å²) < 4.78 is 6.08. The van der Waals surface area contributed by atoms with E-state index in [4.69, 9.17) is 10.5 Å². The number of amides is 12. The number of ketones is 1. The Hall–Kier alpha value is -8.34. The summed E-state index contributed by atoms with van der Waals surface area (Å²) in [5.74, 6) is -15.3. The molecule has 0 spiro atoms. The number of aliphatic hydroxyl groups excluding tert-OH is 1. The molecule has 1 aromatic rings. The first kappa shape index (κ1) is 95.9. The van der Waals surface area contributed by atoms with E-state index in [-0.39, 0.29) is 56.7 Å². The third-order valence-corrected chi connectivity index (χ3v) is 20.8. The van der Waals surface area contributed by atoms with Gasteiger partial charge in [0.1, 0.15) is 72.2 Å². The molecular formula is C81H135N13O16. The maximum atomic E-state index is 15.2. The van der Waals surface area contributed by atoms with Crippen LogP contribution in [0.5, 0.6) is 0 Å². The maximum Gasteiger partial charge on any atom is 0.329 e. The lowest BCUT2D eigenvalue weighted by Crippen LogP contribution is -2.63. The Labute approximate surface area is 653 Å². The number of nitrogens with one attached hydrogen (secondary N) is 10. The van der Waals surface area contributed by atoms with Crippen molar-refractivity contribution in [2.45, 2.75) is 314 Å². The minimum Gasteiger partial charge on any atom is -0.458 e. The van der Waals surface area contributed by atoms with E-state index in [0.717, 1.165) is 6.42 Å². The molecule has 3 rings (SSSR count). The van der Waals surface area contributed by atoms with Crippen LogP contribution in [0.1, 0.15) is 228 Å². The number of nitrogens with zero attached hydrogens (tertiary/aromatic N) is 2. The van der Waals surface area contributed by atoms with Crippen LogP contribution in [0, 0.1) is 53.3 Å². The normalized spacial score (nSPS) is 22.3. The van der Waals surface area contributed by atoms with E-state index in [0.29, 0.717) is 56.6 Å². The molecule has 2 saturated heterocycles. The summed E-state index contributed by atoms with van der Waals surface area (Å²) in [6, 6.07) is -6.60. The average molecular weight is 1550 g/mol. The van der Waals surface area contributed by atoms with Gasteiger partial charge in [0.15, 0.2) is 5.78 Å². The number of hydrogen-bond donors (Lipinski definition) is 12. The highest BCUT2D eigenvalue weighted by molar-refractivity contribution is 6.03. The highest BCUT2D eigenvalue weighted by atomic mass is 16.5. The zero-order valence-corrected chi connectivity index (χ0v) is 69.4. The quantitative estimate of drug-likeness (QED) is 0.0241. The van der Waals surface area contributed by atoms with Gasteiger partial charge in [0, 0.05) is 37.8 Å². The number of esters is 1. The number of carbonyl (C=O) groups is 14. The number of allylic oxidation sites excluding steroid dienone is 1. The lowest BCUT2D eigenvalue weighted by atomic mass is 9.90. The molecule has 0 unspecified atom stereocenters. The summed E-state index contributed by atoms with van der Waals surface area (Å²) in [4.78, 5) is 207. The molecule has 2 fully saturated rings. The fraction of sp³-hybridized carbons (Fsp3) is 0.728. The van der Waals surface area contributed by atoms with Crippen LogP contribution in [0.2, 0.25) is 0 Å². The molecule has 16 atom stereocenters. The van der Waals surface area contributed by atoms with Crippen molar-refractivity contribution in [3.05, 3.63) is 47.7 Å². The fourth-order valence-electron chi connectivity index (χ4n) is 13.5. The van der Waals surface area contributed by atoms with E-state index in [1.165, 1.54) is 36.6 Å². The molecule has 2 aliphatic heterocycles. The Morgan fingerprint density at radius 3 is 1.68 bits per heavy atom. The second-order valence-electron chi connectivity index (χ2n) is 32.5. The molecule has 2 heterocycles. The third-order valence-electron chi connectivity index (χ3n) is 20.8. The molecule has 29 heteroatoms. The van der Waals surface area contributed by atoms with Gasteiger partial charge in [-0.15, -0.1) is 0 Å². The zero-order valence-electron chi connectivity index (χ0n) is 69.4. The number of hydrogen-bond acceptors (Lipinski definition) is 17. The summed E-state index contributed by atoms with van der Waals surface area (Å²) in [5, 5.41) is 38.5. The van der Waals surface area contributed by atoms with E-state index in [9.17, 15) is 53.1 Å². The second kappa shape index (κ2) is 46.5. The third kappa shape index (κ3) is 28.8. The summed E-state index contributed by atoms with van der Waals surface area (Å²) in [6.45, 7) is 35.9. The molecule has 13 N–H and O–H groups in total. The van der Waals surface area contributed by atoms with E-state index in [1.807, 2.05) is 13.8 Å². The van der Waals surface area contributed by atoms with Gasteiger partial charge in [-0.25, -0.2) is 4.79 Å². The summed E-state index contributed by atoms with van der Waals surface area (Å²) in [6.07, 6.45) is 2.54. The average Bonchev–Trinajstić information content (AvgIpc) is 0.967. The molecule has 12 amide bonds. The van der Waals surface area contributed by atoms with Crippen LogP contribution in [-0.4, -0.2) is 195 Å². The standard InChI is InChI=1S/C81H135N13O16/c1-22-50(18)66(76(104)92-69-53(21)110-81(109)65(48(14)15)88-71(99)57(24-3)94(49(16)17)79(107)56(41-54-34-27-25-28-35-54)83-72(100)62(45(8)9)85-75(103)67(51(19)23-2)90-78(69)106)89-70(98)55(36-29-26-30-39-82)42-59(96)58-37-32-40-93(58)80(108)64(47(12)13)87-74(102)63(46(10)11)86-77(105)68(52(20)95)91-73(101)61(44(6)7)84-60(97)38-31-33-43(4)5/h24-25,27-28,34-35,43-53,55-56,58,61-69,95H,22-23,26,29-33,36-42,82H2,1-21H3,(H,83,100)(H,84,97)(H,85,103)(H,86,105)(H,87,102)(H,88,99)(H,89,98)(H,90,106)(H,91,101)(H,92,104)/t50-,51-,52+,53-,55+,56-,58+,61+,62+,63-,64+,65-,66+,67+,68-,69+/m0/s1. The van der Waals surface area contributed by atoms with Crippen molar-refractivity contribution >= 4 is 82.6 Å². The molecule has 110 heavy (non-hydrogen) atoms. The Kier molecular flexibility index (Phi) is 40.5. The predicted octanol–water partition coefficient (Wildman–Crippen LogP) is 4.83. The number of nitrogens with two attached hydrogens (primary N) is 1. The molecule has 2 aliphatic rings. The smallest absolute Gasteiger partial charge is 0.329 e. The van der Waals surface area contributed by atoms with Crippen LogP contribution in [0.4, 0.5) is 0 Å². The van der Waals surface area contributed by atoms with Crippen LogP contribution in [0.25, 0.3) is 0 Å². The van der Waals surface area contributed by atoms with Gasteiger partial charge in [-0.3, -0.25) is 62.3 Å². The number of aliphatic hydroxyl groups is 1. The molecule has 0 radical (unpaired) electrons. The highest BCUT2D eigenvalue weighted by Crippen LogP contribution is 2.27. The molecular weight excluding hydrogens is 1410 g/mol. The summed E-state index contributed by atoms with van der Waals surface area (Å²) in [5.41, 5.74) is 6.40. The fourth-order valence-corrected chi connectivity index (χ4v) is 13.5. The molecule has 0 saturated carbocycles. The summed E-state index contributed by atoms with van der Waals surface area (Å²) >= 11 is 0. The van der Waals surface area contributed by atoms with Gasteiger partial charge < -0.3 is 78.5 Å². The number of Topliss-reactive ketones (excluding diaryl/α,β-unsaturated/α-hetero) is 1. The predicted molar refractivity (Wildman–Crippen MR) is 420 cm³/mol. The van der Waals surface area contributed by atoms with Crippen molar-refractivity contribution in [3.63, 3.8) is 0 Å². The first-order chi connectivity index (χ1) is 51.6. The topological polar surface area (TPSA) is 421 Å². The van der Waals surface area contributed by atoms with E-state index in [2.05, 4.69) is 53.2 Å². The van der Waals surface area contributed by atoms with Gasteiger partial charge in [-0.05, 0) is 126 Å². The van der Waals surface area contributed by atoms with Crippen LogP contribution < -0.4 is 58.9 Å². The molecule has 1 aromatic carbocycles. The molecule has 29 nitrogen and oxygen atoms in total. The maximum absolute atomic E-state index is 15.2. The number of cyclic esters (lactones) is 1. The number of carbonyl (C=O) groups excluding carboxylic acids is 14. The van der Waals surface area contributed by atoms with Crippen molar-refractivity contribution in [1.82, 2.24) is 63.0 Å². The molecule has 0 bridgehead atoms. The van der Waals surface area contributed by atoms with Crippen molar-refractivity contribution < 1.29 is 77.0 Å². The lowest BCUT2D eigenvalue weighted by molar-refractivity contribution is -0.157. The minimum atomic E-state index is -1.81. The first-order valence-electron chi connectivity index (χ1n) is 40.1. The number of unbranched alkanes of at least 4 members (excludes halogenated alkanes) is 2. The number of benzene rings is 1. The van der Waals surface area contributed by atoms with Gasteiger partial charge in [-0.1, -0.05) is 179 Å². The first-order valence-corrected chi connectivity index (χ1v) is 40.1. The van der Waals surface area contributed by atoms with Crippen LogP contribution >= 0.6 is 0 Å². The van der Waals surface area contributed by atoms with Crippen molar-refractivity contribution in [2.24, 2.45) is 59.0 Å². The van der Waals surface area contributed by atoms with Gasteiger partial charge in [0.25, 0.3) is 5.91 Å². The zero-order chi connectivity index (χ0) is 83.3. The van der Waals surface area contributed by atoms with E-state index in [1.54, 1.807) is 141 Å². The van der Waals surface area contributed by atoms with Crippen molar-refractivity contribution in [2.75, 3.05) is 13.1 Å². The minimum absolute atomic E-state index is 0.0213. The van der Waals surface area contributed by atoms with Crippen molar-refractivity contribution in [1.29, 1.82) is 0 Å².